The molecule has 0 bridgehead atoms. The number of imidazole rings is 1. The van der Waals surface area contributed by atoms with Gasteiger partial charge in [0.25, 0.3) is 0 Å². The molecule has 2 atom stereocenters. The van der Waals surface area contributed by atoms with E-state index in [1.54, 1.807) is 0 Å². The van der Waals surface area contributed by atoms with Gasteiger partial charge in [0, 0.05) is 17.8 Å². The largest absolute Gasteiger partial charge is 0.337 e. The Bertz CT molecular complexity index is 340. The van der Waals surface area contributed by atoms with Crippen LogP contribution in [0, 0.1) is 10.7 Å². The third kappa shape index (κ3) is 3.78. The van der Waals surface area contributed by atoms with Crippen molar-refractivity contribution in [1.29, 1.82) is 0 Å². The molecule has 1 heterocycles. The van der Waals surface area contributed by atoms with E-state index in [9.17, 15) is 0 Å². The van der Waals surface area contributed by atoms with Crippen LogP contribution in [-0.4, -0.2) is 9.97 Å². The number of H-pyrrole nitrogens is 2. The van der Waals surface area contributed by atoms with Crippen molar-refractivity contribution in [2.24, 2.45) is 5.92 Å². The lowest BCUT2D eigenvalue weighted by atomic mass is 9.84. The lowest BCUT2D eigenvalue weighted by Crippen LogP contribution is -2.10. The second-order valence-electron chi connectivity index (χ2n) is 4.68. The molecule has 16 heavy (non-hydrogen) atoms. The molecule has 0 aromatic carbocycles. The van der Waals surface area contributed by atoms with Crippen LogP contribution in [0.4, 0.5) is 0 Å². The normalized spacial score (nSPS) is 14.9. The standard InChI is InChI=1S/C13H24N2S/c1-4-6-8-11(7-5-2)10(3)12-9-14-13(16)15-12/h9-11H,4-8H2,1-3H3,(H2,14,15,16). The average molecular weight is 240 g/mol. The van der Waals surface area contributed by atoms with Crippen molar-refractivity contribution in [2.75, 3.05) is 0 Å². The first-order valence-corrected chi connectivity index (χ1v) is 6.87. The monoisotopic (exact) mass is 240 g/mol. The van der Waals surface area contributed by atoms with Crippen LogP contribution in [0.15, 0.2) is 6.20 Å². The van der Waals surface area contributed by atoms with Crippen molar-refractivity contribution in [3.63, 3.8) is 0 Å². The van der Waals surface area contributed by atoms with Crippen LogP contribution in [0.1, 0.15) is 64.5 Å². The number of aromatic amines is 2. The summed E-state index contributed by atoms with van der Waals surface area (Å²) in [5.41, 5.74) is 1.26. The molecule has 1 rings (SSSR count). The van der Waals surface area contributed by atoms with E-state index in [2.05, 4.69) is 30.7 Å². The Kier molecular flexibility index (Phi) is 5.81. The van der Waals surface area contributed by atoms with Gasteiger partial charge in [-0.05, 0) is 24.6 Å². The molecule has 0 radical (unpaired) electrons. The van der Waals surface area contributed by atoms with Crippen LogP contribution in [-0.2, 0) is 0 Å². The van der Waals surface area contributed by atoms with E-state index in [0.717, 1.165) is 10.7 Å². The van der Waals surface area contributed by atoms with E-state index in [1.165, 1.54) is 37.8 Å². The van der Waals surface area contributed by atoms with Crippen LogP contribution in [0.2, 0.25) is 0 Å². The minimum absolute atomic E-state index is 0.583. The van der Waals surface area contributed by atoms with Gasteiger partial charge in [-0.25, -0.2) is 0 Å². The van der Waals surface area contributed by atoms with Crippen LogP contribution in [0.5, 0.6) is 0 Å². The third-order valence-electron chi connectivity index (χ3n) is 3.40. The topological polar surface area (TPSA) is 31.6 Å². The van der Waals surface area contributed by atoms with Crippen molar-refractivity contribution < 1.29 is 0 Å². The lowest BCUT2D eigenvalue weighted by molar-refractivity contribution is 0.368. The second-order valence-corrected chi connectivity index (χ2v) is 5.09. The zero-order chi connectivity index (χ0) is 12.0. The molecular formula is C13H24N2S. The first-order chi connectivity index (χ1) is 7.69. The van der Waals surface area contributed by atoms with E-state index >= 15 is 0 Å². The van der Waals surface area contributed by atoms with Crippen molar-refractivity contribution in [1.82, 2.24) is 9.97 Å². The Morgan fingerprint density at radius 1 is 1.25 bits per heavy atom. The van der Waals surface area contributed by atoms with E-state index in [-0.39, 0.29) is 0 Å². The lowest BCUT2D eigenvalue weighted by Gasteiger charge is -2.22. The minimum Gasteiger partial charge on any atom is -0.337 e. The maximum absolute atomic E-state index is 5.08. The average Bonchev–Trinajstić information content (AvgIpc) is 2.70. The van der Waals surface area contributed by atoms with Crippen molar-refractivity contribution in [2.45, 2.75) is 58.8 Å². The summed E-state index contributed by atoms with van der Waals surface area (Å²) in [6, 6.07) is 0. The first-order valence-electron chi connectivity index (χ1n) is 6.46. The highest BCUT2D eigenvalue weighted by Crippen LogP contribution is 2.30. The summed E-state index contributed by atoms with van der Waals surface area (Å²) in [6.07, 6.45) is 8.56. The number of unbranched alkanes of at least 4 members (excludes halogenated alkanes) is 1. The predicted octanol–water partition coefficient (Wildman–Crippen LogP) is 4.78. The molecule has 1 aromatic rings. The van der Waals surface area contributed by atoms with Crippen LogP contribution in [0.3, 0.4) is 0 Å². The van der Waals surface area contributed by atoms with Gasteiger partial charge in [-0.2, -0.15) is 0 Å². The van der Waals surface area contributed by atoms with Crippen molar-refractivity contribution in [3.8, 4) is 0 Å². The number of hydrogen-bond acceptors (Lipinski definition) is 1. The SMILES string of the molecule is CCCCC(CCC)C(C)c1c[nH]c(=S)[nH]1. The molecule has 2 N–H and O–H groups in total. The first kappa shape index (κ1) is 13.5. The highest BCUT2D eigenvalue weighted by molar-refractivity contribution is 7.71. The molecule has 92 valence electrons. The molecule has 0 saturated carbocycles. The minimum atomic E-state index is 0.583. The fourth-order valence-corrected chi connectivity index (χ4v) is 2.50. The number of rotatable bonds is 7. The summed E-state index contributed by atoms with van der Waals surface area (Å²) >= 11 is 5.08. The number of aromatic nitrogens is 2. The Hall–Kier alpha value is -0.570. The highest BCUT2D eigenvalue weighted by atomic mass is 32.1. The Labute approximate surface area is 104 Å². The van der Waals surface area contributed by atoms with Crippen molar-refractivity contribution >= 4 is 12.2 Å². The van der Waals surface area contributed by atoms with Gasteiger partial charge in [0.1, 0.15) is 0 Å². The summed E-state index contributed by atoms with van der Waals surface area (Å²) in [7, 11) is 0. The molecule has 0 aliphatic heterocycles. The van der Waals surface area contributed by atoms with Crippen molar-refractivity contribution in [3.05, 3.63) is 16.7 Å². The summed E-state index contributed by atoms with van der Waals surface area (Å²) in [6.45, 7) is 6.84. The van der Waals surface area contributed by atoms with E-state index in [1.807, 2.05) is 6.20 Å². The molecule has 0 spiro atoms. The summed E-state index contributed by atoms with van der Waals surface area (Å²) in [5, 5.41) is 0. The molecule has 0 aliphatic rings. The summed E-state index contributed by atoms with van der Waals surface area (Å²) in [5.74, 6) is 1.37. The highest BCUT2D eigenvalue weighted by Gasteiger charge is 2.18. The van der Waals surface area contributed by atoms with E-state index < -0.39 is 0 Å². The van der Waals surface area contributed by atoms with Gasteiger partial charge in [-0.15, -0.1) is 0 Å². The van der Waals surface area contributed by atoms with Gasteiger partial charge in [-0.1, -0.05) is 46.5 Å². The quantitative estimate of drug-likeness (QED) is 0.660. The van der Waals surface area contributed by atoms with Crippen LogP contribution < -0.4 is 0 Å². The molecule has 0 saturated heterocycles. The third-order valence-corrected chi connectivity index (χ3v) is 3.62. The predicted molar refractivity (Wildman–Crippen MR) is 72.3 cm³/mol. The van der Waals surface area contributed by atoms with Gasteiger partial charge in [0.05, 0.1) is 0 Å². The molecular weight excluding hydrogens is 216 g/mol. The van der Waals surface area contributed by atoms with Crippen LogP contribution >= 0.6 is 12.2 Å². The maximum Gasteiger partial charge on any atom is 0.174 e. The van der Waals surface area contributed by atoms with Gasteiger partial charge < -0.3 is 9.97 Å². The molecule has 0 amide bonds. The summed E-state index contributed by atoms with van der Waals surface area (Å²) in [4.78, 5) is 6.31. The molecule has 0 fully saturated rings. The molecule has 2 unspecified atom stereocenters. The Morgan fingerprint density at radius 2 is 2.00 bits per heavy atom. The Morgan fingerprint density at radius 3 is 2.50 bits per heavy atom. The van der Waals surface area contributed by atoms with E-state index in [0.29, 0.717) is 5.92 Å². The smallest absolute Gasteiger partial charge is 0.174 e. The van der Waals surface area contributed by atoms with E-state index in [4.69, 9.17) is 12.2 Å². The zero-order valence-corrected chi connectivity index (χ0v) is 11.5. The summed E-state index contributed by atoms with van der Waals surface area (Å²) < 4.78 is 0.743. The van der Waals surface area contributed by atoms with Gasteiger partial charge in [0.15, 0.2) is 4.77 Å². The zero-order valence-electron chi connectivity index (χ0n) is 10.7. The maximum atomic E-state index is 5.08. The van der Waals surface area contributed by atoms with Gasteiger partial charge in [0.2, 0.25) is 0 Å². The van der Waals surface area contributed by atoms with Crippen LogP contribution in [0.25, 0.3) is 0 Å². The molecule has 0 aliphatic carbocycles. The molecule has 3 heteroatoms. The second kappa shape index (κ2) is 6.89. The molecule has 1 aromatic heterocycles. The number of hydrogen-bond donors (Lipinski definition) is 2. The Balaban J connectivity index is 2.65. The van der Waals surface area contributed by atoms with Gasteiger partial charge >= 0.3 is 0 Å². The number of nitrogens with one attached hydrogen (secondary N) is 2. The molecule has 2 nitrogen and oxygen atoms in total. The fourth-order valence-electron chi connectivity index (χ4n) is 2.33. The van der Waals surface area contributed by atoms with Gasteiger partial charge in [-0.3, -0.25) is 0 Å². The fraction of sp³-hybridized carbons (Fsp3) is 0.769.